The molecule has 1 aromatic carbocycles. The number of ether oxygens (including phenoxy) is 1. The zero-order chi connectivity index (χ0) is 14.4. The summed E-state index contributed by atoms with van der Waals surface area (Å²) in [5.74, 6) is 0.852. The third kappa shape index (κ3) is 4.15. The molecular weight excluding hydrogens is 293 g/mol. The van der Waals surface area contributed by atoms with Crippen molar-refractivity contribution in [3.05, 3.63) is 39.9 Å². The fraction of sp³-hybridized carbons (Fsp3) is 0.500. The van der Waals surface area contributed by atoms with Crippen LogP contribution < -0.4 is 10.1 Å². The van der Waals surface area contributed by atoms with Crippen LogP contribution in [0.25, 0.3) is 0 Å². The van der Waals surface area contributed by atoms with E-state index in [1.807, 2.05) is 6.07 Å². The average Bonchev–Trinajstić information content (AvgIpc) is 2.50. The molecule has 0 spiro atoms. The number of benzene rings is 1. The summed E-state index contributed by atoms with van der Waals surface area (Å²) in [5, 5.41) is 4.12. The zero-order valence-corrected chi connectivity index (χ0v) is 13.3. The summed E-state index contributed by atoms with van der Waals surface area (Å²) in [6.07, 6.45) is 4.74. The second kappa shape index (κ2) is 7.92. The molecule has 0 fully saturated rings. The van der Waals surface area contributed by atoms with E-state index in [0.717, 1.165) is 25.1 Å². The Kier molecular flexibility index (Phi) is 6.21. The first-order valence-electron chi connectivity index (χ1n) is 7.18. The van der Waals surface area contributed by atoms with Gasteiger partial charge in [-0.15, -0.1) is 0 Å². The van der Waals surface area contributed by atoms with Gasteiger partial charge in [0.1, 0.15) is 12.4 Å². The fourth-order valence-electron chi connectivity index (χ4n) is 2.58. The fourth-order valence-corrected chi connectivity index (χ4v) is 2.70. The van der Waals surface area contributed by atoms with Crippen LogP contribution in [0.1, 0.15) is 43.4 Å². The van der Waals surface area contributed by atoms with Crippen LogP contribution in [0.5, 0.6) is 5.75 Å². The molecule has 1 atom stereocenters. The maximum absolute atomic E-state index is 5.85. The van der Waals surface area contributed by atoms with Gasteiger partial charge in [0.2, 0.25) is 0 Å². The molecule has 1 aliphatic carbocycles. The first-order valence-corrected chi connectivity index (χ1v) is 7.99. The summed E-state index contributed by atoms with van der Waals surface area (Å²) in [5.41, 5.74) is 4.13. The summed E-state index contributed by atoms with van der Waals surface area (Å²) in [7, 11) is 0. The van der Waals surface area contributed by atoms with Gasteiger partial charge < -0.3 is 10.1 Å². The largest absolute Gasteiger partial charge is 0.488 e. The summed E-state index contributed by atoms with van der Waals surface area (Å²) >= 11 is 11.4. The monoisotopic (exact) mass is 313 g/mol. The average molecular weight is 314 g/mol. The highest BCUT2D eigenvalue weighted by atomic mass is 35.5. The molecule has 110 valence electrons. The van der Waals surface area contributed by atoms with Gasteiger partial charge in [0.15, 0.2) is 0 Å². The molecule has 2 rings (SSSR count). The number of nitrogens with one attached hydrogen (secondary N) is 1. The number of hydrogen-bond donors (Lipinski definition) is 1. The molecule has 0 bridgehead atoms. The normalized spacial score (nSPS) is 18.8. The van der Waals surface area contributed by atoms with Gasteiger partial charge in [-0.05, 0) is 55.5 Å². The number of hydrogen-bond acceptors (Lipinski definition) is 2. The van der Waals surface area contributed by atoms with Crippen LogP contribution in [0.2, 0.25) is 0 Å². The Morgan fingerprint density at radius 3 is 3.10 bits per heavy atom. The highest BCUT2D eigenvalue weighted by molar-refractivity contribution is 6.36. The summed E-state index contributed by atoms with van der Waals surface area (Å²) in [4.78, 5) is 0. The molecule has 4 heteroatoms. The van der Waals surface area contributed by atoms with Crippen LogP contribution in [-0.2, 0) is 6.42 Å². The molecule has 0 aromatic heterocycles. The van der Waals surface area contributed by atoms with Crippen LogP contribution in [0.4, 0.5) is 0 Å². The minimum absolute atomic E-state index is 0.316. The Hall–Kier alpha value is -0.700. The number of aryl methyl sites for hydroxylation is 1. The van der Waals surface area contributed by atoms with Crippen molar-refractivity contribution >= 4 is 23.2 Å². The smallest absolute Gasteiger partial charge is 0.125 e. The Labute approximate surface area is 131 Å². The second-order valence-corrected chi connectivity index (χ2v) is 5.81. The zero-order valence-electron chi connectivity index (χ0n) is 11.8. The summed E-state index contributed by atoms with van der Waals surface area (Å²) < 4.78 is 5.67. The molecule has 0 saturated carbocycles. The predicted molar refractivity (Wildman–Crippen MR) is 85.7 cm³/mol. The third-order valence-electron chi connectivity index (χ3n) is 3.57. The first-order chi connectivity index (χ1) is 9.74. The van der Waals surface area contributed by atoms with Crippen LogP contribution in [0.15, 0.2) is 28.8 Å². The van der Waals surface area contributed by atoms with Crippen LogP contribution in [-0.4, -0.2) is 13.2 Å². The van der Waals surface area contributed by atoms with Crippen molar-refractivity contribution < 1.29 is 4.74 Å². The van der Waals surface area contributed by atoms with Gasteiger partial charge in [-0.1, -0.05) is 36.2 Å². The molecule has 0 saturated heterocycles. The summed E-state index contributed by atoms with van der Waals surface area (Å²) in [6, 6.07) is 6.77. The second-order valence-electron chi connectivity index (χ2n) is 5.10. The maximum atomic E-state index is 5.85. The molecule has 2 nitrogen and oxygen atoms in total. The van der Waals surface area contributed by atoms with Crippen LogP contribution in [0, 0.1) is 0 Å². The van der Waals surface area contributed by atoms with Crippen molar-refractivity contribution in [2.24, 2.45) is 0 Å². The van der Waals surface area contributed by atoms with E-state index in [9.17, 15) is 0 Å². The molecule has 0 heterocycles. The van der Waals surface area contributed by atoms with Gasteiger partial charge in [-0.25, -0.2) is 0 Å². The molecule has 0 amide bonds. The Bertz CT molecular complexity index is 474. The molecule has 0 radical (unpaired) electrons. The van der Waals surface area contributed by atoms with Gasteiger partial charge in [-0.2, -0.15) is 0 Å². The van der Waals surface area contributed by atoms with Crippen LogP contribution >= 0.6 is 23.2 Å². The van der Waals surface area contributed by atoms with Crippen molar-refractivity contribution in [3.8, 4) is 5.75 Å². The predicted octanol–water partition coefficient (Wildman–Crippen LogP) is 4.76. The van der Waals surface area contributed by atoms with E-state index in [4.69, 9.17) is 27.9 Å². The SMILES string of the molecule is CCCNC1CCCc2ccc(OC/C(Cl)=C/Cl)cc21. The number of halogens is 2. The molecule has 0 aliphatic heterocycles. The minimum atomic E-state index is 0.316. The van der Waals surface area contributed by atoms with Crippen molar-refractivity contribution in [1.82, 2.24) is 5.32 Å². The highest BCUT2D eigenvalue weighted by Gasteiger charge is 2.20. The van der Waals surface area contributed by atoms with Gasteiger partial charge >= 0.3 is 0 Å². The first kappa shape index (κ1) is 15.7. The van der Waals surface area contributed by atoms with Gasteiger partial charge in [0, 0.05) is 11.6 Å². The van der Waals surface area contributed by atoms with E-state index in [0.29, 0.717) is 17.7 Å². The summed E-state index contributed by atoms with van der Waals surface area (Å²) in [6.45, 7) is 3.56. The van der Waals surface area contributed by atoms with Gasteiger partial charge in [0.25, 0.3) is 0 Å². The Morgan fingerprint density at radius 1 is 1.50 bits per heavy atom. The lowest BCUT2D eigenvalue weighted by Crippen LogP contribution is -2.25. The molecule has 1 aliphatic rings. The topological polar surface area (TPSA) is 21.3 Å². The van der Waals surface area contributed by atoms with E-state index < -0.39 is 0 Å². The standard InChI is InChI=1S/C16H21Cl2NO/c1-2-8-19-16-5-3-4-12-6-7-14(9-15(12)16)20-11-13(18)10-17/h6-7,9-10,16,19H,2-5,8,11H2,1H3/b13-10-. The van der Waals surface area contributed by atoms with E-state index in [-0.39, 0.29) is 0 Å². The van der Waals surface area contributed by atoms with Crippen LogP contribution in [0.3, 0.4) is 0 Å². The quantitative estimate of drug-likeness (QED) is 0.817. The molecule has 20 heavy (non-hydrogen) atoms. The third-order valence-corrected chi connectivity index (χ3v) is 4.16. The highest BCUT2D eigenvalue weighted by Crippen LogP contribution is 2.32. The molecule has 1 N–H and O–H groups in total. The van der Waals surface area contributed by atoms with Crippen molar-refractivity contribution in [3.63, 3.8) is 0 Å². The number of rotatable bonds is 6. The minimum Gasteiger partial charge on any atom is -0.488 e. The van der Waals surface area contributed by atoms with E-state index in [2.05, 4.69) is 24.4 Å². The van der Waals surface area contributed by atoms with E-state index >= 15 is 0 Å². The van der Waals surface area contributed by atoms with Crippen molar-refractivity contribution in [2.45, 2.75) is 38.6 Å². The maximum Gasteiger partial charge on any atom is 0.125 e. The molecule has 1 unspecified atom stereocenters. The van der Waals surface area contributed by atoms with Gasteiger partial charge in [-0.3, -0.25) is 0 Å². The lowest BCUT2D eigenvalue weighted by molar-refractivity contribution is 0.357. The van der Waals surface area contributed by atoms with E-state index in [1.54, 1.807) is 0 Å². The Balaban J connectivity index is 2.10. The number of fused-ring (bicyclic) bond motifs is 1. The lowest BCUT2D eigenvalue weighted by atomic mass is 9.87. The van der Waals surface area contributed by atoms with Gasteiger partial charge in [0.05, 0.1) is 5.03 Å². The van der Waals surface area contributed by atoms with E-state index in [1.165, 1.54) is 29.5 Å². The molecular formula is C16H21Cl2NO. The van der Waals surface area contributed by atoms with Crippen molar-refractivity contribution in [1.29, 1.82) is 0 Å². The van der Waals surface area contributed by atoms with Crippen molar-refractivity contribution in [2.75, 3.05) is 13.2 Å². The molecule has 1 aromatic rings. The Morgan fingerprint density at radius 2 is 2.35 bits per heavy atom. The lowest BCUT2D eigenvalue weighted by Gasteiger charge is -2.27.